The lowest BCUT2D eigenvalue weighted by Gasteiger charge is -2.21. The van der Waals surface area contributed by atoms with Crippen LogP contribution in [0.15, 0.2) is 58.1 Å². The number of aromatic nitrogens is 1. The van der Waals surface area contributed by atoms with Crippen LogP contribution in [0.2, 0.25) is 5.02 Å². The summed E-state index contributed by atoms with van der Waals surface area (Å²) >= 11 is 9.56. The number of amides is 1. The van der Waals surface area contributed by atoms with Crippen LogP contribution in [0, 0.1) is 13.8 Å². The molecule has 180 valence electrons. The first-order chi connectivity index (χ1) is 16.0. The maximum atomic E-state index is 12.5. The molecule has 0 aliphatic rings. The van der Waals surface area contributed by atoms with Gasteiger partial charge in [0.25, 0.3) is 5.91 Å². The van der Waals surface area contributed by atoms with E-state index in [4.69, 9.17) is 16.3 Å². The summed E-state index contributed by atoms with van der Waals surface area (Å²) in [4.78, 5) is 12.5. The highest BCUT2D eigenvalue weighted by atomic mass is 79.9. The van der Waals surface area contributed by atoms with Gasteiger partial charge in [-0.25, -0.2) is 13.8 Å². The predicted molar refractivity (Wildman–Crippen MR) is 139 cm³/mol. The number of rotatable bonds is 8. The molecule has 2 aromatic carbocycles. The largest absolute Gasteiger partial charge is 0.495 e. The molecule has 0 aliphatic carbocycles. The SMILES string of the molecule is COc1ccc(N(CC(=O)N/N=C\c2cc(C)n(-c3ccc(Br)cc3)c2C)S(C)(=O)=O)cc1Cl. The zero-order valence-electron chi connectivity index (χ0n) is 19.0. The lowest BCUT2D eigenvalue weighted by atomic mass is 10.2. The van der Waals surface area contributed by atoms with E-state index in [9.17, 15) is 13.2 Å². The van der Waals surface area contributed by atoms with E-state index in [0.717, 1.165) is 37.7 Å². The van der Waals surface area contributed by atoms with Crippen LogP contribution in [0.1, 0.15) is 17.0 Å². The summed E-state index contributed by atoms with van der Waals surface area (Å²) in [6, 6.07) is 14.4. The maximum Gasteiger partial charge on any atom is 0.260 e. The van der Waals surface area contributed by atoms with Crippen molar-refractivity contribution in [3.8, 4) is 11.4 Å². The van der Waals surface area contributed by atoms with Gasteiger partial charge in [0, 0.05) is 27.1 Å². The van der Waals surface area contributed by atoms with Crippen molar-refractivity contribution < 1.29 is 17.9 Å². The Balaban J connectivity index is 1.74. The number of carbonyl (C=O) groups excluding carboxylic acids is 1. The zero-order valence-corrected chi connectivity index (χ0v) is 22.2. The second-order valence-corrected chi connectivity index (χ2v) is 10.7. The van der Waals surface area contributed by atoms with Crippen LogP contribution >= 0.6 is 27.5 Å². The average molecular weight is 568 g/mol. The number of aryl methyl sites for hydroxylation is 1. The van der Waals surface area contributed by atoms with Crippen LogP contribution in [0.3, 0.4) is 0 Å². The van der Waals surface area contributed by atoms with Crippen molar-refractivity contribution in [1.82, 2.24) is 9.99 Å². The zero-order chi connectivity index (χ0) is 25.0. The first-order valence-electron chi connectivity index (χ1n) is 10.1. The van der Waals surface area contributed by atoms with Gasteiger partial charge < -0.3 is 9.30 Å². The number of methoxy groups -OCH3 is 1. The molecule has 0 bridgehead atoms. The molecule has 1 amide bonds. The minimum atomic E-state index is -3.75. The van der Waals surface area contributed by atoms with Crippen LogP contribution in [0.25, 0.3) is 5.69 Å². The van der Waals surface area contributed by atoms with Crippen molar-refractivity contribution in [3.63, 3.8) is 0 Å². The summed E-state index contributed by atoms with van der Waals surface area (Å²) in [5.74, 6) is -0.205. The van der Waals surface area contributed by atoms with E-state index in [1.807, 2.05) is 44.2 Å². The van der Waals surface area contributed by atoms with Gasteiger partial charge in [-0.1, -0.05) is 27.5 Å². The molecule has 11 heteroatoms. The first-order valence-corrected chi connectivity index (χ1v) is 13.1. The van der Waals surface area contributed by atoms with Gasteiger partial charge in [-0.2, -0.15) is 5.10 Å². The summed E-state index contributed by atoms with van der Waals surface area (Å²) in [5.41, 5.74) is 6.42. The lowest BCUT2D eigenvalue weighted by molar-refractivity contribution is -0.119. The summed E-state index contributed by atoms with van der Waals surface area (Å²) in [6.07, 6.45) is 2.54. The number of nitrogens with one attached hydrogen (secondary N) is 1. The van der Waals surface area contributed by atoms with E-state index >= 15 is 0 Å². The fraction of sp³-hybridized carbons (Fsp3) is 0.217. The van der Waals surface area contributed by atoms with Crippen LogP contribution < -0.4 is 14.5 Å². The number of hydrazone groups is 1. The van der Waals surface area contributed by atoms with Crippen molar-refractivity contribution in [2.75, 3.05) is 24.2 Å². The fourth-order valence-electron chi connectivity index (χ4n) is 3.46. The molecular weight excluding hydrogens is 544 g/mol. The smallest absolute Gasteiger partial charge is 0.260 e. The van der Waals surface area contributed by atoms with E-state index < -0.39 is 22.5 Å². The fourth-order valence-corrected chi connectivity index (χ4v) is 4.82. The summed E-state index contributed by atoms with van der Waals surface area (Å²) in [5, 5.41) is 4.26. The molecule has 8 nitrogen and oxygen atoms in total. The Hall–Kier alpha value is -2.82. The highest BCUT2D eigenvalue weighted by molar-refractivity contribution is 9.10. The highest BCUT2D eigenvalue weighted by Gasteiger charge is 2.22. The number of ether oxygens (including phenoxy) is 1. The van der Waals surface area contributed by atoms with Crippen molar-refractivity contribution in [2.24, 2.45) is 5.10 Å². The lowest BCUT2D eigenvalue weighted by Crippen LogP contribution is -2.39. The van der Waals surface area contributed by atoms with Gasteiger partial charge in [-0.3, -0.25) is 9.10 Å². The van der Waals surface area contributed by atoms with Crippen molar-refractivity contribution in [1.29, 1.82) is 0 Å². The maximum absolute atomic E-state index is 12.5. The molecule has 0 aliphatic heterocycles. The molecule has 0 saturated carbocycles. The van der Waals surface area contributed by atoms with E-state index in [1.54, 1.807) is 0 Å². The van der Waals surface area contributed by atoms with E-state index in [-0.39, 0.29) is 10.7 Å². The second-order valence-electron chi connectivity index (χ2n) is 7.52. The van der Waals surface area contributed by atoms with Gasteiger partial charge in [0.05, 0.1) is 30.3 Å². The third-order valence-corrected chi connectivity index (χ3v) is 7.02. The van der Waals surface area contributed by atoms with Crippen molar-refractivity contribution in [3.05, 3.63) is 75.0 Å². The summed E-state index contributed by atoms with van der Waals surface area (Å²) in [6.45, 7) is 3.47. The third-order valence-electron chi connectivity index (χ3n) is 5.06. The minimum Gasteiger partial charge on any atom is -0.495 e. The molecule has 0 atom stereocenters. The molecule has 1 N–H and O–H groups in total. The van der Waals surface area contributed by atoms with Crippen molar-refractivity contribution in [2.45, 2.75) is 13.8 Å². The first kappa shape index (κ1) is 25.8. The Morgan fingerprint density at radius 2 is 1.88 bits per heavy atom. The molecule has 1 heterocycles. The van der Waals surface area contributed by atoms with Gasteiger partial charge in [0.2, 0.25) is 10.0 Å². The van der Waals surface area contributed by atoms with E-state index in [1.165, 1.54) is 31.5 Å². The summed E-state index contributed by atoms with van der Waals surface area (Å²) < 4.78 is 33.7. The monoisotopic (exact) mass is 566 g/mol. The Labute approximate surface area is 212 Å². The Morgan fingerprint density at radius 3 is 2.47 bits per heavy atom. The number of halogens is 2. The summed E-state index contributed by atoms with van der Waals surface area (Å²) in [7, 11) is -2.30. The quantitative estimate of drug-likeness (QED) is 0.322. The number of anilines is 1. The Bertz CT molecular complexity index is 1340. The molecule has 1 aromatic heterocycles. The number of sulfonamides is 1. The molecule has 0 spiro atoms. The van der Waals surface area contributed by atoms with Gasteiger partial charge >= 0.3 is 0 Å². The normalized spacial score (nSPS) is 11.6. The molecule has 0 radical (unpaired) electrons. The number of hydrogen-bond acceptors (Lipinski definition) is 5. The standard InChI is InChI=1S/C23H24BrClN4O4S/c1-15-11-17(16(2)29(15)19-7-5-18(24)6-8-19)13-26-27-23(30)14-28(34(4,31)32)20-9-10-22(33-3)21(25)12-20/h5-13H,14H2,1-4H3,(H,27,30)/b26-13-. The van der Waals surface area contributed by atoms with Gasteiger partial charge in [-0.05, 0) is 62.4 Å². The second kappa shape index (κ2) is 10.6. The topological polar surface area (TPSA) is 93.0 Å². The van der Waals surface area contributed by atoms with E-state index in [2.05, 4.69) is 31.0 Å². The van der Waals surface area contributed by atoms with Crippen LogP contribution in [-0.4, -0.2) is 45.0 Å². The minimum absolute atomic E-state index is 0.230. The highest BCUT2D eigenvalue weighted by Crippen LogP contribution is 2.30. The molecular formula is C23H24BrClN4O4S. The number of carbonyl (C=O) groups is 1. The van der Waals surface area contributed by atoms with Crippen LogP contribution in [0.4, 0.5) is 5.69 Å². The average Bonchev–Trinajstić information content (AvgIpc) is 3.05. The Morgan fingerprint density at radius 1 is 1.21 bits per heavy atom. The predicted octanol–water partition coefficient (Wildman–Crippen LogP) is 4.43. The van der Waals surface area contributed by atoms with E-state index in [0.29, 0.717) is 5.75 Å². The molecule has 0 unspecified atom stereocenters. The molecule has 0 saturated heterocycles. The van der Waals surface area contributed by atoms with Crippen molar-refractivity contribution >= 4 is 55.4 Å². The number of nitrogens with zero attached hydrogens (tertiary/aromatic N) is 3. The van der Waals surface area contributed by atoms with Gasteiger partial charge in [0.15, 0.2) is 0 Å². The van der Waals surface area contributed by atoms with Crippen LogP contribution in [-0.2, 0) is 14.8 Å². The molecule has 3 aromatic rings. The molecule has 34 heavy (non-hydrogen) atoms. The molecule has 3 rings (SSSR count). The van der Waals surface area contributed by atoms with Crippen LogP contribution in [0.5, 0.6) is 5.75 Å². The third kappa shape index (κ3) is 5.99. The van der Waals surface area contributed by atoms with Gasteiger partial charge in [0.1, 0.15) is 12.3 Å². The number of benzene rings is 2. The van der Waals surface area contributed by atoms with Gasteiger partial charge in [-0.15, -0.1) is 0 Å². The molecule has 0 fully saturated rings. The Kier molecular flexibility index (Phi) is 8.06. The number of hydrogen-bond donors (Lipinski definition) is 1.